The maximum Gasteiger partial charge on any atom is 0.0471 e. The quantitative estimate of drug-likeness (QED) is 0.693. The van der Waals surface area contributed by atoms with Crippen LogP contribution in [0.15, 0.2) is 0 Å². The molecule has 1 fully saturated rings. The summed E-state index contributed by atoms with van der Waals surface area (Å²) in [4.78, 5) is 2.48. The number of aliphatic hydroxyl groups is 1. The monoisotopic (exact) mass is 171 g/mol. The molecular formula is C10H21NO. The van der Waals surface area contributed by atoms with Crippen molar-refractivity contribution in [1.82, 2.24) is 4.90 Å². The van der Waals surface area contributed by atoms with E-state index in [0.717, 1.165) is 12.5 Å². The van der Waals surface area contributed by atoms with Crippen LogP contribution in [-0.4, -0.2) is 36.2 Å². The van der Waals surface area contributed by atoms with E-state index in [2.05, 4.69) is 18.7 Å². The van der Waals surface area contributed by atoms with E-state index < -0.39 is 0 Å². The minimum atomic E-state index is 0.370. The third kappa shape index (κ3) is 3.11. The molecular weight excluding hydrogens is 150 g/mol. The molecule has 0 aromatic rings. The Kier molecular flexibility index (Phi) is 4.02. The molecule has 1 N–H and O–H groups in total. The summed E-state index contributed by atoms with van der Waals surface area (Å²) in [5, 5.41) is 9.02. The molecule has 1 aliphatic rings. The first-order valence-corrected chi connectivity index (χ1v) is 5.05. The van der Waals surface area contributed by atoms with Crippen molar-refractivity contribution < 1.29 is 5.11 Å². The molecule has 0 aromatic carbocycles. The van der Waals surface area contributed by atoms with E-state index in [-0.39, 0.29) is 0 Å². The van der Waals surface area contributed by atoms with E-state index in [1.54, 1.807) is 0 Å². The van der Waals surface area contributed by atoms with Gasteiger partial charge in [0.1, 0.15) is 0 Å². The van der Waals surface area contributed by atoms with Gasteiger partial charge < -0.3 is 10.0 Å². The van der Waals surface area contributed by atoms with E-state index >= 15 is 0 Å². The smallest absolute Gasteiger partial charge is 0.0471 e. The summed E-state index contributed by atoms with van der Waals surface area (Å²) >= 11 is 0. The lowest BCUT2D eigenvalue weighted by Gasteiger charge is -2.32. The molecule has 0 unspecified atom stereocenters. The summed E-state index contributed by atoms with van der Waals surface area (Å²) in [6.45, 7) is 8.40. The van der Waals surface area contributed by atoms with Crippen LogP contribution in [0.5, 0.6) is 0 Å². The van der Waals surface area contributed by atoms with Crippen LogP contribution in [0.2, 0.25) is 0 Å². The summed E-state index contributed by atoms with van der Waals surface area (Å²) in [5.41, 5.74) is 0. The Bertz CT molecular complexity index is 125. The van der Waals surface area contributed by atoms with E-state index in [4.69, 9.17) is 5.11 Å². The van der Waals surface area contributed by atoms with Crippen LogP contribution in [0, 0.1) is 11.8 Å². The van der Waals surface area contributed by atoms with Crippen LogP contribution in [-0.2, 0) is 0 Å². The molecule has 0 amide bonds. The van der Waals surface area contributed by atoms with Gasteiger partial charge in [0.2, 0.25) is 0 Å². The van der Waals surface area contributed by atoms with E-state index in [9.17, 15) is 0 Å². The standard InChI is InChI=1S/C10H21NO/c1-9(2)6-11-5-3-4-10(7-11)8-12/h9-10,12H,3-8H2,1-2H3/t10-/m1/s1. The minimum absolute atomic E-state index is 0.370. The van der Waals surface area contributed by atoms with Gasteiger partial charge in [-0.05, 0) is 31.2 Å². The number of nitrogens with zero attached hydrogens (tertiary/aromatic N) is 1. The van der Waals surface area contributed by atoms with Gasteiger partial charge in [0.15, 0.2) is 0 Å². The predicted molar refractivity (Wildman–Crippen MR) is 51.1 cm³/mol. The van der Waals surface area contributed by atoms with Crippen LogP contribution in [0.25, 0.3) is 0 Å². The van der Waals surface area contributed by atoms with Gasteiger partial charge >= 0.3 is 0 Å². The molecule has 0 aliphatic carbocycles. The van der Waals surface area contributed by atoms with Crippen molar-refractivity contribution in [3.8, 4) is 0 Å². The molecule has 1 saturated heterocycles. The molecule has 72 valence electrons. The molecule has 0 aromatic heterocycles. The Morgan fingerprint density at radius 1 is 1.50 bits per heavy atom. The molecule has 2 nitrogen and oxygen atoms in total. The highest BCUT2D eigenvalue weighted by atomic mass is 16.3. The van der Waals surface area contributed by atoms with Crippen molar-refractivity contribution in [3.63, 3.8) is 0 Å². The number of hydrogen-bond donors (Lipinski definition) is 1. The Balaban J connectivity index is 2.25. The third-order valence-corrected chi connectivity index (χ3v) is 2.48. The highest BCUT2D eigenvalue weighted by Crippen LogP contribution is 2.16. The lowest BCUT2D eigenvalue weighted by molar-refractivity contribution is 0.112. The van der Waals surface area contributed by atoms with Crippen molar-refractivity contribution >= 4 is 0 Å². The fourth-order valence-electron chi connectivity index (χ4n) is 1.98. The fourth-order valence-corrected chi connectivity index (χ4v) is 1.98. The normalized spacial score (nSPS) is 26.5. The van der Waals surface area contributed by atoms with Gasteiger partial charge in [0.05, 0.1) is 0 Å². The number of piperidine rings is 1. The van der Waals surface area contributed by atoms with Crippen molar-refractivity contribution in [2.75, 3.05) is 26.2 Å². The molecule has 1 rings (SSSR count). The number of rotatable bonds is 3. The van der Waals surface area contributed by atoms with E-state index in [1.807, 2.05) is 0 Å². The molecule has 0 radical (unpaired) electrons. The first-order chi connectivity index (χ1) is 5.72. The number of aliphatic hydroxyl groups excluding tert-OH is 1. The zero-order valence-electron chi connectivity index (χ0n) is 8.29. The molecule has 0 saturated carbocycles. The fraction of sp³-hybridized carbons (Fsp3) is 1.00. The number of likely N-dealkylation sites (tertiary alicyclic amines) is 1. The van der Waals surface area contributed by atoms with Crippen molar-refractivity contribution in [3.05, 3.63) is 0 Å². The van der Waals surface area contributed by atoms with Gasteiger partial charge in [-0.15, -0.1) is 0 Å². The van der Waals surface area contributed by atoms with Crippen LogP contribution < -0.4 is 0 Å². The molecule has 2 heteroatoms. The van der Waals surface area contributed by atoms with Gasteiger partial charge in [0.25, 0.3) is 0 Å². The summed E-state index contributed by atoms with van der Waals surface area (Å²) in [6, 6.07) is 0. The number of hydrogen-bond acceptors (Lipinski definition) is 2. The second kappa shape index (κ2) is 4.83. The lowest BCUT2D eigenvalue weighted by atomic mass is 9.98. The average molecular weight is 171 g/mol. The first kappa shape index (κ1) is 10.0. The Morgan fingerprint density at radius 3 is 2.83 bits per heavy atom. The first-order valence-electron chi connectivity index (χ1n) is 5.05. The van der Waals surface area contributed by atoms with E-state index in [0.29, 0.717) is 12.5 Å². The van der Waals surface area contributed by atoms with Crippen LogP contribution in [0.3, 0.4) is 0 Å². The summed E-state index contributed by atoms with van der Waals surface area (Å²) in [7, 11) is 0. The Hall–Kier alpha value is -0.0800. The summed E-state index contributed by atoms with van der Waals surface area (Å²) in [5.74, 6) is 1.29. The van der Waals surface area contributed by atoms with Crippen molar-refractivity contribution in [2.24, 2.45) is 11.8 Å². The molecule has 12 heavy (non-hydrogen) atoms. The lowest BCUT2D eigenvalue weighted by Crippen LogP contribution is -2.38. The summed E-state index contributed by atoms with van der Waals surface area (Å²) < 4.78 is 0. The van der Waals surface area contributed by atoms with Gasteiger partial charge in [-0.1, -0.05) is 13.8 Å². The van der Waals surface area contributed by atoms with Gasteiger partial charge in [0, 0.05) is 19.7 Å². The maximum atomic E-state index is 9.02. The van der Waals surface area contributed by atoms with Crippen molar-refractivity contribution in [1.29, 1.82) is 0 Å². The van der Waals surface area contributed by atoms with Crippen LogP contribution >= 0.6 is 0 Å². The van der Waals surface area contributed by atoms with Crippen LogP contribution in [0.1, 0.15) is 26.7 Å². The Labute approximate surface area is 75.6 Å². The Morgan fingerprint density at radius 2 is 2.25 bits per heavy atom. The average Bonchev–Trinajstić information content (AvgIpc) is 2.03. The minimum Gasteiger partial charge on any atom is -0.396 e. The SMILES string of the molecule is CC(C)CN1CCC[C@@H](CO)C1. The highest BCUT2D eigenvalue weighted by Gasteiger charge is 2.19. The topological polar surface area (TPSA) is 23.5 Å². The van der Waals surface area contributed by atoms with Gasteiger partial charge in [-0.25, -0.2) is 0 Å². The second-order valence-corrected chi connectivity index (χ2v) is 4.34. The molecule has 1 heterocycles. The second-order valence-electron chi connectivity index (χ2n) is 4.34. The zero-order chi connectivity index (χ0) is 8.97. The predicted octanol–water partition coefficient (Wildman–Crippen LogP) is 1.35. The third-order valence-electron chi connectivity index (χ3n) is 2.48. The largest absolute Gasteiger partial charge is 0.396 e. The highest BCUT2D eigenvalue weighted by molar-refractivity contribution is 4.72. The van der Waals surface area contributed by atoms with E-state index in [1.165, 1.54) is 25.9 Å². The van der Waals surface area contributed by atoms with Crippen LogP contribution in [0.4, 0.5) is 0 Å². The molecule has 1 atom stereocenters. The zero-order valence-corrected chi connectivity index (χ0v) is 8.29. The molecule has 0 spiro atoms. The summed E-state index contributed by atoms with van der Waals surface area (Å²) in [6.07, 6.45) is 2.48. The van der Waals surface area contributed by atoms with Gasteiger partial charge in [-0.3, -0.25) is 0 Å². The molecule has 1 aliphatic heterocycles. The van der Waals surface area contributed by atoms with Crippen molar-refractivity contribution in [2.45, 2.75) is 26.7 Å². The van der Waals surface area contributed by atoms with Gasteiger partial charge in [-0.2, -0.15) is 0 Å². The maximum absolute atomic E-state index is 9.02. The molecule has 0 bridgehead atoms.